The van der Waals surface area contributed by atoms with Gasteiger partial charge in [-0.25, -0.2) is 14.6 Å². The van der Waals surface area contributed by atoms with Gasteiger partial charge < -0.3 is 30.6 Å². The van der Waals surface area contributed by atoms with Crippen molar-refractivity contribution in [1.29, 1.82) is 0 Å². The first-order valence-electron chi connectivity index (χ1n) is 18.6. The number of pyridine rings is 1. The van der Waals surface area contributed by atoms with Crippen molar-refractivity contribution in [1.82, 2.24) is 25.1 Å². The lowest BCUT2D eigenvalue weighted by molar-refractivity contribution is -0.156. The summed E-state index contributed by atoms with van der Waals surface area (Å²) < 4.78 is 5.59. The number of benzene rings is 2. The number of amides is 3. The number of carbonyl (C=O) groups is 4. The fourth-order valence-electron chi connectivity index (χ4n) is 6.98. The van der Waals surface area contributed by atoms with Crippen molar-refractivity contribution in [3.8, 4) is 0 Å². The summed E-state index contributed by atoms with van der Waals surface area (Å²) in [6.45, 7) is 5.90. The Morgan fingerprint density at radius 2 is 1.76 bits per heavy atom. The van der Waals surface area contributed by atoms with E-state index in [-0.39, 0.29) is 32.5 Å². The van der Waals surface area contributed by atoms with Gasteiger partial charge in [0.2, 0.25) is 0 Å². The Bertz CT molecular complexity index is 2210. The predicted molar refractivity (Wildman–Crippen MR) is 230 cm³/mol. The van der Waals surface area contributed by atoms with E-state index in [1.54, 1.807) is 31.1 Å². The van der Waals surface area contributed by atoms with Crippen molar-refractivity contribution in [2.45, 2.75) is 61.4 Å². The van der Waals surface area contributed by atoms with Crippen molar-refractivity contribution in [2.24, 2.45) is 11.1 Å². The fourth-order valence-corrected chi connectivity index (χ4v) is 10.3. The number of β-lactam (4-membered cyclic amide) rings is 1. The maximum Gasteiger partial charge on any atom is 0.410 e. The molecule has 3 amide bonds. The van der Waals surface area contributed by atoms with Crippen LogP contribution in [0.4, 0.5) is 9.93 Å². The number of nitrogens with one attached hydrogen (secondary N) is 1. The number of nitrogens with zero attached hydrogens (tertiary/aromatic N) is 5. The number of nitrogen functional groups attached to an aromatic ring is 1. The Morgan fingerprint density at radius 3 is 2.34 bits per heavy atom. The highest BCUT2D eigenvalue weighted by Crippen LogP contribution is 2.53. The highest BCUT2D eigenvalue weighted by Gasteiger charge is 2.57. The second kappa shape index (κ2) is 18.9. The zero-order valence-electron chi connectivity index (χ0n) is 33.0. The fraction of sp³-hybridized carbons (Fsp3) is 0.341. The van der Waals surface area contributed by atoms with E-state index in [1.807, 2.05) is 87.5 Å². The lowest BCUT2D eigenvalue weighted by Gasteiger charge is -2.53. The lowest BCUT2D eigenvalue weighted by atomic mass is 9.71. The molecule has 3 unspecified atom stereocenters. The number of aliphatic carboxylic acids is 1. The molecule has 0 bridgehead atoms. The molecule has 1 saturated heterocycles. The molecule has 6 rings (SSSR count). The molecular weight excluding hydrogens is 834 g/mol. The number of ether oxygens (including phenoxy) is 1. The first-order valence-corrected chi connectivity index (χ1v) is 21.7. The van der Waals surface area contributed by atoms with Crippen LogP contribution in [0.15, 0.2) is 99.6 Å². The van der Waals surface area contributed by atoms with Crippen molar-refractivity contribution in [2.75, 3.05) is 32.2 Å². The van der Waals surface area contributed by atoms with Gasteiger partial charge >= 0.3 is 12.1 Å². The van der Waals surface area contributed by atoms with Crippen molar-refractivity contribution in [3.63, 3.8) is 0 Å². The highest BCUT2D eigenvalue weighted by molar-refractivity contribution is 8.03. The van der Waals surface area contributed by atoms with E-state index >= 15 is 0 Å². The Hall–Kier alpha value is -5.10. The van der Waals surface area contributed by atoms with Gasteiger partial charge in [0, 0.05) is 52.9 Å². The number of halogens is 1. The van der Waals surface area contributed by atoms with Crippen LogP contribution in [0.5, 0.6) is 0 Å². The molecule has 2 aliphatic rings. The van der Waals surface area contributed by atoms with Gasteiger partial charge in [-0.1, -0.05) is 101 Å². The van der Waals surface area contributed by atoms with Gasteiger partial charge in [0.1, 0.15) is 34.5 Å². The van der Waals surface area contributed by atoms with Gasteiger partial charge in [0.25, 0.3) is 11.8 Å². The number of hydrogen-bond donors (Lipinski definition) is 3. The van der Waals surface area contributed by atoms with E-state index in [0.717, 1.165) is 33.1 Å². The third-order valence-electron chi connectivity index (χ3n) is 9.54. The van der Waals surface area contributed by atoms with Crippen molar-refractivity contribution >= 4 is 81.2 Å². The number of carbonyl (C=O) groups excluding carboxylic acids is 3. The molecule has 4 aromatic rings. The van der Waals surface area contributed by atoms with E-state index < -0.39 is 47.5 Å². The van der Waals surface area contributed by atoms with Crippen LogP contribution in [0.3, 0.4) is 0 Å². The number of oxime groups is 1. The summed E-state index contributed by atoms with van der Waals surface area (Å²) in [5.41, 5.74) is 7.42. The Labute approximate surface area is 359 Å². The van der Waals surface area contributed by atoms with Crippen LogP contribution in [0.25, 0.3) is 0 Å². The average molecular weight is 878 g/mol. The monoisotopic (exact) mass is 877 g/mol. The highest BCUT2D eigenvalue weighted by atomic mass is 35.5. The second-order valence-electron chi connectivity index (χ2n) is 14.7. The molecule has 3 atom stereocenters. The zero-order chi connectivity index (χ0) is 42.4. The minimum Gasteiger partial charge on any atom is -0.477 e. The van der Waals surface area contributed by atoms with Crippen LogP contribution in [-0.2, 0) is 29.7 Å². The number of carboxylic acid groups (broad SMARTS) is 1. The van der Waals surface area contributed by atoms with E-state index in [9.17, 15) is 24.3 Å². The molecule has 1 fully saturated rings. The predicted octanol–water partition coefficient (Wildman–Crippen LogP) is 6.86. The topological polar surface area (TPSA) is 190 Å². The zero-order valence-corrected chi connectivity index (χ0v) is 36.2. The number of hydrogen-bond acceptors (Lipinski definition) is 13. The Kier molecular flexibility index (Phi) is 13.9. The number of thiazole rings is 1. The molecule has 59 heavy (non-hydrogen) atoms. The summed E-state index contributed by atoms with van der Waals surface area (Å²) in [4.78, 5) is 71.6. The van der Waals surface area contributed by atoms with Crippen molar-refractivity contribution < 1.29 is 33.9 Å². The number of allylic oxidation sites excluding steroid dienone is 1. The van der Waals surface area contributed by atoms with Crippen LogP contribution in [-0.4, -0.2) is 98.6 Å². The molecule has 14 nitrogen and oxygen atoms in total. The normalized spacial score (nSPS) is 17.9. The first-order chi connectivity index (χ1) is 28.2. The summed E-state index contributed by atoms with van der Waals surface area (Å²) in [6, 6.07) is 21.5. The maximum atomic E-state index is 14.1. The van der Waals surface area contributed by atoms with Crippen LogP contribution in [0.1, 0.15) is 55.6 Å². The van der Waals surface area contributed by atoms with Crippen LogP contribution in [0.2, 0.25) is 4.34 Å². The summed E-state index contributed by atoms with van der Waals surface area (Å²) in [5.74, 6) is -2.40. The molecular formula is C41H44ClN7O7S3. The molecule has 2 aromatic carbocycles. The van der Waals surface area contributed by atoms with Crippen molar-refractivity contribution in [3.05, 3.63) is 116 Å². The molecule has 2 aromatic heterocycles. The summed E-state index contributed by atoms with van der Waals surface area (Å²) in [7, 11) is 2.95. The average Bonchev–Trinajstić information content (AvgIpc) is 3.54. The number of thioether (sulfide) groups is 2. The van der Waals surface area contributed by atoms with Gasteiger partial charge in [-0.15, -0.1) is 0 Å². The molecule has 4 heterocycles. The van der Waals surface area contributed by atoms with Gasteiger partial charge in [-0.05, 0) is 50.5 Å². The molecule has 0 radical (unpaired) electrons. The Morgan fingerprint density at radius 1 is 1.10 bits per heavy atom. The molecule has 0 aliphatic carbocycles. The summed E-state index contributed by atoms with van der Waals surface area (Å²) in [5, 5.41) is 17.7. The summed E-state index contributed by atoms with van der Waals surface area (Å²) >= 11 is 10.1. The number of fused-ring (bicyclic) bond motifs is 1. The number of rotatable bonds is 15. The molecule has 2 aliphatic heterocycles. The minimum absolute atomic E-state index is 0.00260. The first kappa shape index (κ1) is 43.5. The Balaban J connectivity index is 1.35. The SMILES string of the molecule is CON=C(C(=O)NC1C(=O)N2C(C(=O)O)=C(Sc3cccnc3CSCCN(C)C(=O)OC(C)(C)C)C(C(c3ccccc3)c3ccccc3)CC12)c1nc(N)sc1Cl. The largest absolute Gasteiger partial charge is 0.477 e. The quantitative estimate of drug-likeness (QED) is 0.0488. The number of carboxylic acids is 1. The maximum absolute atomic E-state index is 14.1. The molecule has 0 saturated carbocycles. The van der Waals surface area contributed by atoms with Crippen LogP contribution >= 0.6 is 46.5 Å². The molecule has 0 spiro atoms. The number of aromatic nitrogens is 2. The van der Waals surface area contributed by atoms with E-state index in [2.05, 4.69) is 20.4 Å². The standard InChI is InChI=1S/C41H44ClN7O7S3/c1-41(2,3)56-40(54)48(4)19-20-57-22-26-28(17-12-18-44-26)58-34-25(29(23-13-8-6-9-14-23)24-15-10-7-11-16-24)21-27-30(37(51)49(27)33(34)38(52)53)45-36(50)32(47-55-5)31-35(42)59-39(43)46-31/h6-18,25,27,29-30H,19-22H2,1-5H3,(H2,43,46)(H,45,50)(H,52,53). The second-order valence-corrected chi connectivity index (χ2v) is 18.5. The van der Waals surface area contributed by atoms with Gasteiger partial charge in [0.05, 0.1) is 11.7 Å². The lowest BCUT2D eigenvalue weighted by Crippen LogP contribution is -2.72. The minimum atomic E-state index is -1.28. The third kappa shape index (κ3) is 10.0. The molecule has 310 valence electrons. The third-order valence-corrected chi connectivity index (χ3v) is 12.9. The van der Waals surface area contributed by atoms with Gasteiger partial charge in [-0.2, -0.15) is 11.8 Å². The summed E-state index contributed by atoms with van der Waals surface area (Å²) in [6.07, 6.45) is 1.57. The van der Waals surface area contributed by atoms with Crippen LogP contribution in [0, 0.1) is 5.92 Å². The van der Waals surface area contributed by atoms with E-state index in [1.165, 1.54) is 28.7 Å². The number of nitrogens with two attached hydrogens (primary N) is 1. The number of anilines is 1. The van der Waals surface area contributed by atoms with E-state index in [4.69, 9.17) is 26.9 Å². The van der Waals surface area contributed by atoms with Crippen LogP contribution < -0.4 is 11.1 Å². The molecule has 4 N–H and O–H groups in total. The molecule has 18 heteroatoms. The van der Waals surface area contributed by atoms with Gasteiger partial charge in [-0.3, -0.25) is 19.5 Å². The van der Waals surface area contributed by atoms with Gasteiger partial charge in [0.15, 0.2) is 10.8 Å². The smallest absolute Gasteiger partial charge is 0.410 e. The van der Waals surface area contributed by atoms with E-state index in [0.29, 0.717) is 29.4 Å².